The lowest BCUT2D eigenvalue weighted by Gasteiger charge is -2.26. The minimum Gasteiger partial charge on any atom is -0.475 e. The first kappa shape index (κ1) is 29.1. The molecule has 1 amide bonds. The van der Waals surface area contributed by atoms with Crippen LogP contribution in [0.3, 0.4) is 0 Å². The van der Waals surface area contributed by atoms with Crippen molar-refractivity contribution >= 4 is 41.0 Å². The zero-order valence-electron chi connectivity index (χ0n) is 22.5. The summed E-state index contributed by atoms with van der Waals surface area (Å²) in [5.74, 6) is -2.73. The number of aliphatic carboxylic acids is 1. The number of fused-ring (bicyclic) bond motifs is 1. The summed E-state index contributed by atoms with van der Waals surface area (Å²) in [6.07, 6.45) is 5.10. The monoisotopic (exact) mass is 554 g/mol. The van der Waals surface area contributed by atoms with Crippen LogP contribution in [0, 0.1) is 5.41 Å². The lowest BCUT2D eigenvalue weighted by Crippen LogP contribution is -2.28. The zero-order chi connectivity index (χ0) is 28.9. The van der Waals surface area contributed by atoms with E-state index in [9.17, 15) is 18.0 Å². The number of carbonyl (C=O) groups is 2. The second-order valence-electron chi connectivity index (χ2n) is 10.8. The molecule has 0 saturated carbocycles. The molecular weight excluding hydrogens is 521 g/mol. The maximum absolute atomic E-state index is 12.2. The van der Waals surface area contributed by atoms with Gasteiger partial charge in [0.15, 0.2) is 0 Å². The van der Waals surface area contributed by atoms with Crippen molar-refractivity contribution in [1.82, 2.24) is 20.4 Å². The molecule has 0 atom stereocenters. The van der Waals surface area contributed by atoms with E-state index in [4.69, 9.17) is 9.90 Å². The molecule has 10 heteroatoms. The van der Waals surface area contributed by atoms with Gasteiger partial charge in [-0.05, 0) is 66.9 Å². The zero-order valence-corrected chi connectivity index (χ0v) is 22.5. The summed E-state index contributed by atoms with van der Waals surface area (Å²) in [6, 6.07) is 15.0. The van der Waals surface area contributed by atoms with Gasteiger partial charge in [0.05, 0.1) is 11.2 Å². The van der Waals surface area contributed by atoms with Gasteiger partial charge in [0, 0.05) is 29.5 Å². The molecule has 3 heterocycles. The average Bonchev–Trinajstić information content (AvgIpc) is 3.43. The van der Waals surface area contributed by atoms with Crippen LogP contribution in [0.15, 0.2) is 48.0 Å². The van der Waals surface area contributed by atoms with Crippen LogP contribution in [0.4, 0.5) is 13.2 Å². The Morgan fingerprint density at radius 3 is 2.30 bits per heavy atom. The third kappa shape index (κ3) is 7.38. The van der Waals surface area contributed by atoms with E-state index in [0.29, 0.717) is 6.54 Å². The molecule has 7 nitrogen and oxygen atoms in total. The van der Waals surface area contributed by atoms with E-state index in [1.54, 1.807) is 0 Å². The molecule has 40 heavy (non-hydrogen) atoms. The molecule has 2 fully saturated rings. The molecule has 1 aromatic heterocycles. The predicted molar refractivity (Wildman–Crippen MR) is 149 cm³/mol. The molecule has 5 rings (SSSR count). The molecule has 2 aliphatic rings. The number of aromatic amines is 1. The highest BCUT2D eigenvalue weighted by Gasteiger charge is 2.38. The third-order valence-corrected chi connectivity index (χ3v) is 7.10. The van der Waals surface area contributed by atoms with E-state index in [0.717, 1.165) is 34.3 Å². The average molecular weight is 555 g/mol. The number of nitrogens with zero attached hydrogens (tertiary/aromatic N) is 2. The summed E-state index contributed by atoms with van der Waals surface area (Å²) >= 11 is 0. The van der Waals surface area contributed by atoms with Gasteiger partial charge in [-0.3, -0.25) is 14.8 Å². The molecule has 0 aliphatic carbocycles. The van der Waals surface area contributed by atoms with Crippen molar-refractivity contribution in [3.05, 3.63) is 70.4 Å². The standard InChI is InChI=1S/C28H32N4O.C2HF3O2/c1-28(2)19-29-27(33)24(28)16-22-10-12-23-25(30-31-26(23)17-22)13-11-20-6-8-21(9-7-20)18-32-14-4-3-5-15-32;3-2(4,5)1(6)7/h6-13,16-17H,3-5,14-15,18-19H2,1-2H3,(H,29,33)(H,30,31);(H,6,7)/b13-11+,24-16-;. The van der Waals surface area contributed by atoms with Crippen LogP contribution in [0.2, 0.25) is 0 Å². The lowest BCUT2D eigenvalue weighted by atomic mass is 9.86. The normalized spacial score (nSPS) is 18.6. The van der Waals surface area contributed by atoms with Crippen LogP contribution in [0.5, 0.6) is 0 Å². The van der Waals surface area contributed by atoms with Crippen LogP contribution in [0.1, 0.15) is 55.5 Å². The fourth-order valence-electron chi connectivity index (χ4n) is 4.79. The molecule has 2 saturated heterocycles. The van der Waals surface area contributed by atoms with E-state index in [2.05, 4.69) is 88.9 Å². The number of carboxylic acid groups (broad SMARTS) is 1. The van der Waals surface area contributed by atoms with Crippen molar-refractivity contribution in [3.63, 3.8) is 0 Å². The summed E-state index contributed by atoms with van der Waals surface area (Å²) in [5, 5.41) is 18.8. The van der Waals surface area contributed by atoms with E-state index >= 15 is 0 Å². The molecule has 0 spiro atoms. The maximum atomic E-state index is 12.2. The molecule has 3 aromatic rings. The minimum absolute atomic E-state index is 0.0234. The van der Waals surface area contributed by atoms with Crippen molar-refractivity contribution in [2.24, 2.45) is 5.41 Å². The first-order valence-electron chi connectivity index (χ1n) is 13.2. The van der Waals surface area contributed by atoms with Crippen molar-refractivity contribution in [3.8, 4) is 0 Å². The Kier molecular flexibility index (Phi) is 8.78. The number of rotatable bonds is 5. The molecule has 212 valence electrons. The van der Waals surface area contributed by atoms with Gasteiger partial charge in [-0.2, -0.15) is 18.3 Å². The minimum atomic E-state index is -5.08. The van der Waals surface area contributed by atoms with E-state index < -0.39 is 12.1 Å². The fourth-order valence-corrected chi connectivity index (χ4v) is 4.79. The Labute approximate surface area is 230 Å². The number of hydrogen-bond acceptors (Lipinski definition) is 4. The Morgan fingerprint density at radius 1 is 1.05 bits per heavy atom. The maximum Gasteiger partial charge on any atom is 0.490 e. The summed E-state index contributed by atoms with van der Waals surface area (Å²) in [5.41, 5.74) is 6.11. The first-order valence-corrected chi connectivity index (χ1v) is 13.2. The van der Waals surface area contributed by atoms with Crippen LogP contribution in [-0.2, 0) is 16.1 Å². The quantitative estimate of drug-likeness (QED) is 0.342. The smallest absolute Gasteiger partial charge is 0.475 e. The Balaban J connectivity index is 0.000000470. The molecule has 3 N–H and O–H groups in total. The van der Waals surface area contributed by atoms with Gasteiger partial charge in [-0.15, -0.1) is 0 Å². The van der Waals surface area contributed by atoms with E-state index in [-0.39, 0.29) is 11.3 Å². The fraction of sp³-hybridized carbons (Fsp3) is 0.367. The predicted octanol–water partition coefficient (Wildman–Crippen LogP) is 5.89. The summed E-state index contributed by atoms with van der Waals surface area (Å²) in [4.78, 5) is 23.6. The van der Waals surface area contributed by atoms with Gasteiger partial charge in [-0.25, -0.2) is 4.79 Å². The first-order chi connectivity index (χ1) is 18.9. The number of nitrogens with one attached hydrogen (secondary N) is 2. The molecule has 0 unspecified atom stereocenters. The largest absolute Gasteiger partial charge is 0.490 e. The van der Waals surface area contributed by atoms with Gasteiger partial charge in [-0.1, -0.05) is 56.7 Å². The number of piperidine rings is 1. The highest BCUT2D eigenvalue weighted by atomic mass is 19.4. The number of hydrogen-bond donors (Lipinski definition) is 3. The molecule has 2 aromatic carbocycles. The van der Waals surface area contributed by atoms with Crippen molar-refractivity contribution in [2.45, 2.75) is 45.8 Å². The molecule has 0 bridgehead atoms. The summed E-state index contributed by atoms with van der Waals surface area (Å²) in [7, 11) is 0. The lowest BCUT2D eigenvalue weighted by molar-refractivity contribution is -0.192. The Bertz CT molecular complexity index is 1420. The van der Waals surface area contributed by atoms with Crippen molar-refractivity contribution in [2.75, 3.05) is 19.6 Å². The second-order valence-corrected chi connectivity index (χ2v) is 10.8. The highest BCUT2D eigenvalue weighted by molar-refractivity contribution is 6.02. The van der Waals surface area contributed by atoms with Crippen LogP contribution >= 0.6 is 0 Å². The molecule has 0 radical (unpaired) electrons. The van der Waals surface area contributed by atoms with Crippen LogP contribution in [0.25, 0.3) is 29.1 Å². The van der Waals surface area contributed by atoms with Crippen molar-refractivity contribution in [1.29, 1.82) is 0 Å². The number of benzene rings is 2. The van der Waals surface area contributed by atoms with Gasteiger partial charge in [0.2, 0.25) is 5.91 Å². The van der Waals surface area contributed by atoms with E-state index in [1.807, 2.05) is 6.08 Å². The number of carbonyl (C=O) groups excluding carboxylic acids is 1. The highest BCUT2D eigenvalue weighted by Crippen LogP contribution is 2.32. The number of likely N-dealkylation sites (tertiary alicyclic amines) is 1. The van der Waals surface area contributed by atoms with Gasteiger partial charge in [0.1, 0.15) is 0 Å². The molecule has 2 aliphatic heterocycles. The van der Waals surface area contributed by atoms with Crippen LogP contribution in [-0.4, -0.2) is 57.9 Å². The number of H-pyrrole nitrogens is 1. The topological polar surface area (TPSA) is 98.3 Å². The number of carboxylic acids is 1. The van der Waals surface area contributed by atoms with Gasteiger partial charge < -0.3 is 10.4 Å². The summed E-state index contributed by atoms with van der Waals surface area (Å²) < 4.78 is 31.7. The number of alkyl halides is 3. The van der Waals surface area contributed by atoms with Gasteiger partial charge in [0.25, 0.3) is 0 Å². The third-order valence-electron chi connectivity index (χ3n) is 7.10. The van der Waals surface area contributed by atoms with Crippen LogP contribution < -0.4 is 5.32 Å². The van der Waals surface area contributed by atoms with Gasteiger partial charge >= 0.3 is 12.1 Å². The Morgan fingerprint density at radius 2 is 1.70 bits per heavy atom. The number of aromatic nitrogens is 2. The molecular formula is C30H33F3N4O3. The summed E-state index contributed by atoms with van der Waals surface area (Å²) in [6.45, 7) is 8.35. The SMILES string of the molecule is CC1(C)CNC(=O)/C1=C/c1ccc2c(/C=C/c3ccc(CN4CCCCC4)cc3)n[nH]c2c1.O=C(O)C(F)(F)F. The number of halogens is 3. The second kappa shape index (κ2) is 12.1. The van der Waals surface area contributed by atoms with E-state index in [1.165, 1.54) is 43.5 Å². The Hall–Kier alpha value is -3.92. The number of amides is 1. The van der Waals surface area contributed by atoms with Crippen molar-refractivity contribution < 1.29 is 27.9 Å².